The highest BCUT2D eigenvalue weighted by Crippen LogP contribution is 2.37. The van der Waals surface area contributed by atoms with Crippen LogP contribution in [0.3, 0.4) is 0 Å². The van der Waals surface area contributed by atoms with Crippen molar-refractivity contribution in [3.63, 3.8) is 0 Å². The van der Waals surface area contributed by atoms with Crippen LogP contribution < -0.4 is 5.32 Å². The Balaban J connectivity index is 1.42. The molecule has 0 spiro atoms. The summed E-state index contributed by atoms with van der Waals surface area (Å²) in [6.45, 7) is 1.58. The summed E-state index contributed by atoms with van der Waals surface area (Å²) >= 11 is 0. The van der Waals surface area contributed by atoms with Crippen molar-refractivity contribution < 1.29 is 14.4 Å². The van der Waals surface area contributed by atoms with E-state index >= 15 is 0 Å². The summed E-state index contributed by atoms with van der Waals surface area (Å²) in [4.78, 5) is 40.1. The molecule has 154 valence electrons. The highest BCUT2D eigenvalue weighted by atomic mass is 16.2. The molecule has 0 bridgehead atoms. The van der Waals surface area contributed by atoms with Gasteiger partial charge in [-0.15, -0.1) is 0 Å². The Bertz CT molecular complexity index is 1220. The Morgan fingerprint density at radius 3 is 2.42 bits per heavy atom. The second-order valence-corrected chi connectivity index (χ2v) is 8.08. The third-order valence-electron chi connectivity index (χ3n) is 6.39. The normalized spacial score (nSPS) is 19.2. The molecule has 5 rings (SSSR count). The van der Waals surface area contributed by atoms with Crippen molar-refractivity contribution in [3.05, 3.63) is 95.1 Å². The Kier molecular flexibility index (Phi) is 4.47. The fourth-order valence-electron chi connectivity index (χ4n) is 4.66. The minimum Gasteiger partial charge on any atom is -0.319 e. The molecule has 3 aromatic rings. The third-order valence-corrected chi connectivity index (χ3v) is 6.39. The molecule has 2 aliphatic rings. The topological polar surface area (TPSA) is 66.5 Å². The number of carbonyl (C=O) groups excluding carboxylic acids is 3. The Labute approximate surface area is 180 Å². The zero-order valence-corrected chi connectivity index (χ0v) is 17.2. The van der Waals surface area contributed by atoms with Crippen molar-refractivity contribution in [2.75, 3.05) is 6.54 Å². The van der Waals surface area contributed by atoms with Gasteiger partial charge in [0.15, 0.2) is 5.78 Å². The molecule has 1 N–H and O–H groups in total. The highest BCUT2D eigenvalue weighted by Gasteiger charge is 2.51. The molecule has 1 aliphatic carbocycles. The van der Waals surface area contributed by atoms with Gasteiger partial charge in [0.1, 0.15) is 5.54 Å². The molecule has 0 saturated carbocycles. The van der Waals surface area contributed by atoms with E-state index in [4.69, 9.17) is 0 Å². The number of fused-ring (bicyclic) bond motifs is 3. The molecule has 1 heterocycles. The number of ketones is 1. The molecule has 1 aliphatic heterocycles. The molecular weight excluding hydrogens is 388 g/mol. The minimum absolute atomic E-state index is 0.254. The number of benzene rings is 3. The first-order valence-corrected chi connectivity index (χ1v) is 10.5. The SMILES string of the molecule is CC[C@]1(c2ccccc2)NC(=O)N(CC(=O)c2ccc3c(c2)-c2ccccc2C3)C1=O. The molecule has 0 radical (unpaired) electrons. The predicted octanol–water partition coefficient (Wildman–Crippen LogP) is 4.30. The Morgan fingerprint density at radius 1 is 0.935 bits per heavy atom. The van der Waals surface area contributed by atoms with Gasteiger partial charge in [0.2, 0.25) is 0 Å². The van der Waals surface area contributed by atoms with E-state index in [0.29, 0.717) is 12.0 Å². The zero-order valence-electron chi connectivity index (χ0n) is 17.2. The zero-order chi connectivity index (χ0) is 21.6. The third kappa shape index (κ3) is 2.96. The first-order chi connectivity index (χ1) is 15.0. The smallest absolute Gasteiger partial charge is 0.319 e. The van der Waals surface area contributed by atoms with Gasteiger partial charge < -0.3 is 5.32 Å². The van der Waals surface area contributed by atoms with Crippen LogP contribution in [-0.4, -0.2) is 29.2 Å². The van der Waals surface area contributed by atoms with Gasteiger partial charge >= 0.3 is 6.03 Å². The van der Waals surface area contributed by atoms with Gasteiger partial charge in [-0.3, -0.25) is 14.5 Å². The molecule has 1 atom stereocenters. The number of urea groups is 1. The van der Waals surface area contributed by atoms with Gasteiger partial charge in [0, 0.05) is 5.56 Å². The minimum atomic E-state index is -1.13. The predicted molar refractivity (Wildman–Crippen MR) is 118 cm³/mol. The molecule has 1 fully saturated rings. The largest absolute Gasteiger partial charge is 0.325 e. The van der Waals surface area contributed by atoms with Crippen LogP contribution >= 0.6 is 0 Å². The lowest BCUT2D eigenvalue weighted by atomic mass is 9.87. The molecule has 1 saturated heterocycles. The lowest BCUT2D eigenvalue weighted by Gasteiger charge is -2.25. The number of nitrogens with zero attached hydrogens (tertiary/aromatic N) is 1. The van der Waals surface area contributed by atoms with Gasteiger partial charge in [0.25, 0.3) is 5.91 Å². The summed E-state index contributed by atoms with van der Waals surface area (Å²) in [5.74, 6) is -0.637. The van der Waals surface area contributed by atoms with E-state index in [2.05, 4.69) is 17.4 Å². The molecule has 31 heavy (non-hydrogen) atoms. The number of Topliss-reactive ketones (excluding diaryl/α,β-unsaturated/α-hetero) is 1. The summed E-state index contributed by atoms with van der Waals surface area (Å²) in [5.41, 5.74) is 4.70. The Hall–Kier alpha value is -3.73. The van der Waals surface area contributed by atoms with Gasteiger partial charge in [-0.2, -0.15) is 0 Å². The van der Waals surface area contributed by atoms with E-state index in [0.717, 1.165) is 28.0 Å². The van der Waals surface area contributed by atoms with Gasteiger partial charge in [0.05, 0.1) is 6.54 Å². The second kappa shape index (κ2) is 7.20. The number of hydrogen-bond acceptors (Lipinski definition) is 3. The number of hydrogen-bond donors (Lipinski definition) is 1. The Morgan fingerprint density at radius 2 is 1.65 bits per heavy atom. The van der Waals surface area contributed by atoms with Crippen molar-refractivity contribution in [2.45, 2.75) is 25.3 Å². The van der Waals surface area contributed by atoms with Gasteiger partial charge in [-0.05, 0) is 46.7 Å². The lowest BCUT2D eigenvalue weighted by Crippen LogP contribution is -2.43. The average Bonchev–Trinajstić information content (AvgIpc) is 3.29. The number of rotatable bonds is 5. The summed E-state index contributed by atoms with van der Waals surface area (Å²) in [5, 5.41) is 2.83. The number of imide groups is 1. The van der Waals surface area contributed by atoms with Crippen LogP contribution in [0.1, 0.15) is 40.4 Å². The summed E-state index contributed by atoms with van der Waals surface area (Å²) in [6.07, 6.45) is 1.25. The molecule has 0 aromatic heterocycles. The molecule has 5 nitrogen and oxygen atoms in total. The standard InChI is InChI=1S/C26H22N2O3/c1-2-26(20-9-4-3-5-10-20)24(30)28(25(31)27-26)16-23(29)19-13-12-18-14-17-8-6-7-11-21(17)22(18)15-19/h3-13,15H,2,14,16H2,1H3,(H,27,31)/t26-/m1/s1. The van der Waals surface area contributed by atoms with Crippen LogP contribution in [0.15, 0.2) is 72.8 Å². The maximum atomic E-state index is 13.3. The molecule has 3 amide bonds. The molecule has 3 aromatic carbocycles. The van der Waals surface area contributed by atoms with E-state index in [1.54, 1.807) is 6.07 Å². The maximum absolute atomic E-state index is 13.3. The summed E-state index contributed by atoms with van der Waals surface area (Å²) < 4.78 is 0. The van der Waals surface area contributed by atoms with Crippen molar-refractivity contribution in [1.29, 1.82) is 0 Å². The van der Waals surface area contributed by atoms with E-state index in [-0.39, 0.29) is 18.2 Å². The molecule has 0 unspecified atom stereocenters. The van der Waals surface area contributed by atoms with E-state index in [9.17, 15) is 14.4 Å². The quantitative estimate of drug-likeness (QED) is 0.394. The van der Waals surface area contributed by atoms with Crippen molar-refractivity contribution in [1.82, 2.24) is 10.2 Å². The number of amides is 3. The van der Waals surface area contributed by atoms with E-state index in [1.165, 1.54) is 11.1 Å². The average molecular weight is 410 g/mol. The van der Waals surface area contributed by atoms with Gasteiger partial charge in [-0.1, -0.05) is 73.7 Å². The van der Waals surface area contributed by atoms with Crippen LogP contribution in [0.25, 0.3) is 11.1 Å². The number of carbonyl (C=O) groups is 3. The maximum Gasteiger partial charge on any atom is 0.325 e. The first kappa shape index (κ1) is 19.2. The fraction of sp³-hybridized carbons (Fsp3) is 0.192. The van der Waals surface area contributed by atoms with Crippen molar-refractivity contribution in [3.8, 4) is 11.1 Å². The first-order valence-electron chi connectivity index (χ1n) is 10.5. The molecule has 5 heteroatoms. The highest BCUT2D eigenvalue weighted by molar-refractivity contribution is 6.11. The molecular formula is C26H22N2O3. The second-order valence-electron chi connectivity index (χ2n) is 8.08. The van der Waals surface area contributed by atoms with Gasteiger partial charge in [-0.25, -0.2) is 4.79 Å². The van der Waals surface area contributed by atoms with Crippen LogP contribution in [0.5, 0.6) is 0 Å². The van der Waals surface area contributed by atoms with E-state index in [1.807, 2.05) is 61.5 Å². The van der Waals surface area contributed by atoms with Crippen LogP contribution in [0.2, 0.25) is 0 Å². The monoisotopic (exact) mass is 410 g/mol. The van der Waals surface area contributed by atoms with Crippen LogP contribution in [-0.2, 0) is 16.8 Å². The van der Waals surface area contributed by atoms with Crippen molar-refractivity contribution in [2.24, 2.45) is 0 Å². The van der Waals surface area contributed by atoms with Crippen LogP contribution in [0, 0.1) is 0 Å². The lowest BCUT2D eigenvalue weighted by molar-refractivity contribution is -0.131. The fourth-order valence-corrected chi connectivity index (χ4v) is 4.66. The van der Waals surface area contributed by atoms with Crippen molar-refractivity contribution >= 4 is 17.7 Å². The summed E-state index contributed by atoms with van der Waals surface area (Å²) in [6, 6.07) is 22.4. The number of nitrogens with one attached hydrogen (secondary N) is 1. The summed E-state index contributed by atoms with van der Waals surface area (Å²) in [7, 11) is 0. The van der Waals surface area contributed by atoms with Crippen LogP contribution in [0.4, 0.5) is 4.79 Å². The van der Waals surface area contributed by atoms with E-state index < -0.39 is 11.6 Å².